The molecule has 3 heterocycles. The minimum Gasteiger partial charge on any atom is -0.478 e. The van der Waals surface area contributed by atoms with Crippen LogP contribution in [0.2, 0.25) is 0 Å². The van der Waals surface area contributed by atoms with Gasteiger partial charge in [0, 0.05) is 18.5 Å². The smallest absolute Gasteiger partial charge is 0.265 e. The van der Waals surface area contributed by atoms with Crippen LogP contribution in [-0.4, -0.2) is 30.0 Å². The lowest BCUT2D eigenvalue weighted by atomic mass is 9.89. The fraction of sp³-hybridized carbons (Fsp3) is 0.619. The van der Waals surface area contributed by atoms with Crippen molar-refractivity contribution in [3.63, 3.8) is 0 Å². The van der Waals surface area contributed by atoms with Gasteiger partial charge in [-0.05, 0) is 62.6 Å². The molecule has 6 nitrogen and oxygen atoms in total. The van der Waals surface area contributed by atoms with Gasteiger partial charge < -0.3 is 20.7 Å². The third-order valence-electron chi connectivity index (χ3n) is 6.12. The Morgan fingerprint density at radius 1 is 1.30 bits per heavy atom. The molecule has 2 fully saturated rings. The van der Waals surface area contributed by atoms with Crippen molar-refractivity contribution >= 4 is 17.5 Å². The first-order valence-electron chi connectivity index (χ1n) is 10.2. The number of anilines is 1. The Hall–Kier alpha value is -2.08. The Morgan fingerprint density at radius 3 is 2.74 bits per heavy atom. The number of hydrogen-bond acceptors (Lipinski definition) is 4. The molecule has 4 atom stereocenters. The lowest BCUT2D eigenvalue weighted by molar-refractivity contribution is -0.124. The summed E-state index contributed by atoms with van der Waals surface area (Å²) < 4.78 is 5.81. The van der Waals surface area contributed by atoms with Crippen molar-refractivity contribution in [1.29, 1.82) is 0 Å². The highest BCUT2D eigenvalue weighted by atomic mass is 16.5. The van der Waals surface area contributed by atoms with Gasteiger partial charge in [-0.3, -0.25) is 9.59 Å². The van der Waals surface area contributed by atoms with Gasteiger partial charge in [0.1, 0.15) is 5.75 Å². The van der Waals surface area contributed by atoms with Crippen LogP contribution in [0, 0.1) is 5.92 Å². The van der Waals surface area contributed by atoms with Gasteiger partial charge in [-0.15, -0.1) is 0 Å². The number of carbonyl (C=O) groups is 2. The standard InChI is InChI=1S/C21H29N3O3/c1-3-18-21(26)24-17-7-4-14(11-19(17)27-18)12(2)22-20(25)10-13-8-15-5-6-16(9-13)23-15/h4,7,11-13,15-16,18,23H,3,5-6,8-10H2,1-2H3,(H,22,25)(H,24,26). The number of carbonyl (C=O) groups excluding carboxylic acids is 2. The molecular weight excluding hydrogens is 342 g/mol. The fourth-order valence-electron chi connectivity index (χ4n) is 4.69. The van der Waals surface area contributed by atoms with Gasteiger partial charge in [-0.25, -0.2) is 0 Å². The van der Waals surface area contributed by atoms with Crippen LogP contribution in [0.3, 0.4) is 0 Å². The summed E-state index contributed by atoms with van der Waals surface area (Å²) in [6.45, 7) is 3.92. The molecule has 1 aromatic carbocycles. The normalized spacial score (nSPS) is 30.1. The number of nitrogens with one attached hydrogen (secondary N) is 3. The van der Waals surface area contributed by atoms with E-state index in [9.17, 15) is 9.59 Å². The van der Waals surface area contributed by atoms with E-state index >= 15 is 0 Å². The summed E-state index contributed by atoms with van der Waals surface area (Å²) in [6, 6.07) is 6.83. The van der Waals surface area contributed by atoms with Crippen LogP contribution in [0.15, 0.2) is 18.2 Å². The Bertz CT molecular complexity index is 723. The third-order valence-corrected chi connectivity index (χ3v) is 6.12. The molecule has 0 aliphatic carbocycles. The van der Waals surface area contributed by atoms with E-state index in [1.54, 1.807) is 0 Å². The lowest BCUT2D eigenvalue weighted by Crippen LogP contribution is -2.40. The van der Waals surface area contributed by atoms with E-state index in [4.69, 9.17) is 4.74 Å². The average Bonchev–Trinajstić information content (AvgIpc) is 2.98. The molecule has 3 N–H and O–H groups in total. The molecule has 1 aromatic rings. The Morgan fingerprint density at radius 2 is 2.04 bits per heavy atom. The molecule has 0 aromatic heterocycles. The zero-order valence-electron chi connectivity index (χ0n) is 16.1. The highest BCUT2D eigenvalue weighted by Crippen LogP contribution is 2.34. The van der Waals surface area contributed by atoms with Crippen LogP contribution in [0.1, 0.15) is 64.0 Å². The molecule has 3 aliphatic rings. The highest BCUT2D eigenvalue weighted by Gasteiger charge is 2.34. The molecule has 4 rings (SSSR count). The van der Waals surface area contributed by atoms with Gasteiger partial charge in [0.05, 0.1) is 11.7 Å². The highest BCUT2D eigenvalue weighted by molar-refractivity contribution is 5.97. The largest absolute Gasteiger partial charge is 0.478 e. The summed E-state index contributed by atoms with van der Waals surface area (Å²) >= 11 is 0. The summed E-state index contributed by atoms with van der Waals surface area (Å²) in [7, 11) is 0. The average molecular weight is 371 g/mol. The Labute approximate surface area is 160 Å². The van der Waals surface area contributed by atoms with Gasteiger partial charge in [0.2, 0.25) is 5.91 Å². The first-order valence-corrected chi connectivity index (χ1v) is 10.2. The molecule has 0 saturated carbocycles. The maximum absolute atomic E-state index is 12.5. The van der Waals surface area contributed by atoms with E-state index in [0.29, 0.717) is 42.3 Å². The van der Waals surface area contributed by atoms with Crippen molar-refractivity contribution in [3.8, 4) is 5.75 Å². The van der Waals surface area contributed by atoms with Crippen molar-refractivity contribution in [2.24, 2.45) is 5.92 Å². The van der Waals surface area contributed by atoms with Crippen molar-refractivity contribution < 1.29 is 14.3 Å². The summed E-state index contributed by atoms with van der Waals surface area (Å²) in [5.74, 6) is 1.18. The van der Waals surface area contributed by atoms with Gasteiger partial charge in [-0.2, -0.15) is 0 Å². The van der Waals surface area contributed by atoms with E-state index in [1.807, 2.05) is 32.0 Å². The quantitative estimate of drug-likeness (QED) is 0.744. The van der Waals surface area contributed by atoms with E-state index < -0.39 is 6.10 Å². The summed E-state index contributed by atoms with van der Waals surface area (Å²) in [5.41, 5.74) is 1.68. The van der Waals surface area contributed by atoms with Crippen LogP contribution in [0.25, 0.3) is 0 Å². The number of piperidine rings is 1. The number of fused-ring (bicyclic) bond motifs is 3. The molecule has 2 bridgehead atoms. The fourth-order valence-corrected chi connectivity index (χ4v) is 4.69. The van der Waals surface area contributed by atoms with Crippen LogP contribution in [0.4, 0.5) is 5.69 Å². The molecular formula is C21H29N3O3. The number of ether oxygens (including phenoxy) is 1. The second-order valence-electron chi connectivity index (χ2n) is 8.23. The number of hydrogen-bond donors (Lipinski definition) is 3. The van der Waals surface area contributed by atoms with Crippen molar-refractivity contribution in [1.82, 2.24) is 10.6 Å². The van der Waals surface area contributed by atoms with Gasteiger partial charge in [0.25, 0.3) is 5.91 Å². The SMILES string of the molecule is CCC1Oc2cc(C(C)NC(=O)CC3CC4CCC(C3)N4)ccc2NC1=O. The molecule has 0 spiro atoms. The van der Waals surface area contributed by atoms with Crippen molar-refractivity contribution in [2.45, 2.75) is 76.6 Å². The number of rotatable bonds is 5. The van der Waals surface area contributed by atoms with E-state index in [-0.39, 0.29) is 17.9 Å². The van der Waals surface area contributed by atoms with Crippen molar-refractivity contribution in [3.05, 3.63) is 23.8 Å². The lowest BCUT2D eigenvalue weighted by Gasteiger charge is -2.29. The predicted octanol–water partition coefficient (Wildman–Crippen LogP) is 2.89. The molecule has 146 valence electrons. The van der Waals surface area contributed by atoms with E-state index in [2.05, 4.69) is 16.0 Å². The second-order valence-corrected chi connectivity index (χ2v) is 8.23. The van der Waals surface area contributed by atoms with Crippen LogP contribution in [-0.2, 0) is 9.59 Å². The molecule has 6 heteroatoms. The maximum Gasteiger partial charge on any atom is 0.265 e. The molecule has 2 amide bonds. The maximum atomic E-state index is 12.5. The molecule has 3 aliphatic heterocycles. The third kappa shape index (κ3) is 3.95. The summed E-state index contributed by atoms with van der Waals surface area (Å²) in [6.07, 6.45) is 5.52. The van der Waals surface area contributed by atoms with Gasteiger partial charge in [0.15, 0.2) is 6.10 Å². The minimum absolute atomic E-state index is 0.0949. The van der Waals surface area contributed by atoms with Crippen LogP contribution >= 0.6 is 0 Å². The zero-order chi connectivity index (χ0) is 19.0. The van der Waals surface area contributed by atoms with Crippen LogP contribution in [0.5, 0.6) is 5.75 Å². The van der Waals surface area contributed by atoms with E-state index in [1.165, 1.54) is 12.8 Å². The monoisotopic (exact) mass is 371 g/mol. The molecule has 0 radical (unpaired) electrons. The molecule has 2 saturated heterocycles. The number of benzene rings is 1. The van der Waals surface area contributed by atoms with Crippen LogP contribution < -0.4 is 20.7 Å². The minimum atomic E-state index is -0.451. The predicted molar refractivity (Wildman–Crippen MR) is 104 cm³/mol. The van der Waals surface area contributed by atoms with E-state index in [0.717, 1.165) is 18.4 Å². The second kappa shape index (κ2) is 7.50. The molecule has 4 unspecified atom stereocenters. The van der Waals surface area contributed by atoms with Gasteiger partial charge in [-0.1, -0.05) is 13.0 Å². The van der Waals surface area contributed by atoms with Crippen molar-refractivity contribution in [2.75, 3.05) is 5.32 Å². The number of amides is 2. The Kier molecular flexibility index (Phi) is 5.08. The topological polar surface area (TPSA) is 79.5 Å². The summed E-state index contributed by atoms with van der Waals surface area (Å²) in [4.78, 5) is 24.4. The first-order chi connectivity index (χ1) is 13.0. The summed E-state index contributed by atoms with van der Waals surface area (Å²) in [5, 5.41) is 9.64. The molecule has 27 heavy (non-hydrogen) atoms. The Balaban J connectivity index is 1.36. The van der Waals surface area contributed by atoms with Gasteiger partial charge >= 0.3 is 0 Å². The zero-order valence-corrected chi connectivity index (χ0v) is 16.1. The first kappa shape index (κ1) is 18.3.